The summed E-state index contributed by atoms with van der Waals surface area (Å²) in [4.78, 5) is 25.7. The van der Waals surface area contributed by atoms with Crippen molar-refractivity contribution >= 4 is 29.3 Å². The van der Waals surface area contributed by atoms with Crippen molar-refractivity contribution in [2.75, 3.05) is 16.8 Å². The first-order chi connectivity index (χ1) is 13.0. The highest BCUT2D eigenvalue weighted by molar-refractivity contribution is 6.03. The molecule has 1 fully saturated rings. The summed E-state index contributed by atoms with van der Waals surface area (Å²) in [5.41, 5.74) is 1.64. The Morgan fingerprint density at radius 3 is 2.74 bits per heavy atom. The number of alkyl halides is 2. The summed E-state index contributed by atoms with van der Waals surface area (Å²) >= 11 is 0. The SMILES string of the molecule is O=C(/C=C/c1ccccc1OC(F)F)Nc1cccc(N2CCCC2=O)c1. The normalized spacial score (nSPS) is 14.2. The molecule has 1 heterocycles. The van der Waals surface area contributed by atoms with Crippen LogP contribution in [0.15, 0.2) is 54.6 Å². The first-order valence-corrected chi connectivity index (χ1v) is 8.46. The van der Waals surface area contributed by atoms with Crippen molar-refractivity contribution in [3.05, 3.63) is 60.2 Å². The molecule has 2 aromatic carbocycles. The van der Waals surface area contributed by atoms with Crippen LogP contribution in [0.3, 0.4) is 0 Å². The lowest BCUT2D eigenvalue weighted by Crippen LogP contribution is -2.23. The molecule has 0 atom stereocenters. The molecule has 0 aliphatic carbocycles. The lowest BCUT2D eigenvalue weighted by atomic mass is 10.2. The minimum atomic E-state index is -2.94. The number of halogens is 2. The van der Waals surface area contributed by atoms with Gasteiger partial charge in [0.2, 0.25) is 11.8 Å². The van der Waals surface area contributed by atoms with E-state index in [0.29, 0.717) is 24.2 Å². The lowest BCUT2D eigenvalue weighted by Gasteiger charge is -2.16. The molecule has 0 saturated carbocycles. The predicted molar refractivity (Wildman–Crippen MR) is 98.8 cm³/mol. The van der Waals surface area contributed by atoms with Gasteiger partial charge in [0, 0.05) is 36.0 Å². The molecule has 2 aromatic rings. The zero-order valence-electron chi connectivity index (χ0n) is 14.4. The lowest BCUT2D eigenvalue weighted by molar-refractivity contribution is -0.117. The van der Waals surface area contributed by atoms with Crippen LogP contribution >= 0.6 is 0 Å². The zero-order valence-corrected chi connectivity index (χ0v) is 14.4. The molecule has 1 saturated heterocycles. The van der Waals surface area contributed by atoms with Crippen LogP contribution < -0.4 is 15.0 Å². The van der Waals surface area contributed by atoms with Crippen LogP contribution in [-0.4, -0.2) is 25.0 Å². The first kappa shape index (κ1) is 18.6. The number of carbonyl (C=O) groups excluding carboxylic acids is 2. The van der Waals surface area contributed by atoms with Crippen molar-refractivity contribution in [1.29, 1.82) is 0 Å². The Bertz CT molecular complexity index is 868. The second-order valence-electron chi connectivity index (χ2n) is 5.94. The van der Waals surface area contributed by atoms with Gasteiger partial charge in [-0.3, -0.25) is 9.59 Å². The molecular formula is C20H18F2N2O3. The number of nitrogens with zero attached hydrogens (tertiary/aromatic N) is 1. The first-order valence-electron chi connectivity index (χ1n) is 8.46. The number of nitrogens with one attached hydrogen (secondary N) is 1. The summed E-state index contributed by atoms with van der Waals surface area (Å²) < 4.78 is 29.3. The average Bonchev–Trinajstić information content (AvgIpc) is 3.07. The van der Waals surface area contributed by atoms with Crippen LogP contribution in [0.4, 0.5) is 20.2 Å². The maximum atomic E-state index is 12.4. The van der Waals surface area contributed by atoms with Crippen LogP contribution in [0, 0.1) is 0 Å². The smallest absolute Gasteiger partial charge is 0.387 e. The van der Waals surface area contributed by atoms with E-state index >= 15 is 0 Å². The zero-order chi connectivity index (χ0) is 19.2. The third-order valence-corrected chi connectivity index (χ3v) is 4.05. The predicted octanol–water partition coefficient (Wildman–Crippen LogP) is 4.07. The molecule has 27 heavy (non-hydrogen) atoms. The highest BCUT2D eigenvalue weighted by Gasteiger charge is 2.21. The second-order valence-corrected chi connectivity index (χ2v) is 5.94. The van der Waals surface area contributed by atoms with E-state index in [1.165, 1.54) is 18.2 Å². The van der Waals surface area contributed by atoms with E-state index in [9.17, 15) is 18.4 Å². The summed E-state index contributed by atoms with van der Waals surface area (Å²) in [7, 11) is 0. The maximum Gasteiger partial charge on any atom is 0.387 e. The van der Waals surface area contributed by atoms with E-state index < -0.39 is 12.5 Å². The van der Waals surface area contributed by atoms with Gasteiger partial charge in [-0.1, -0.05) is 24.3 Å². The van der Waals surface area contributed by atoms with E-state index in [0.717, 1.165) is 12.1 Å². The number of benzene rings is 2. The van der Waals surface area contributed by atoms with E-state index in [-0.39, 0.29) is 11.7 Å². The molecule has 2 amide bonds. The van der Waals surface area contributed by atoms with E-state index in [1.54, 1.807) is 41.3 Å². The van der Waals surface area contributed by atoms with Crippen molar-refractivity contribution in [1.82, 2.24) is 0 Å². The van der Waals surface area contributed by atoms with Gasteiger partial charge in [0.15, 0.2) is 0 Å². The Morgan fingerprint density at radius 1 is 1.19 bits per heavy atom. The Balaban J connectivity index is 1.68. The molecular weight excluding hydrogens is 354 g/mol. The standard InChI is InChI=1S/C20H18F2N2O3/c21-20(22)27-17-8-2-1-5-14(17)10-11-18(25)23-15-6-3-7-16(13-15)24-12-4-9-19(24)26/h1-3,5-8,10-11,13,20H,4,9,12H2,(H,23,25)/b11-10+. The van der Waals surface area contributed by atoms with Crippen molar-refractivity contribution in [2.24, 2.45) is 0 Å². The summed E-state index contributed by atoms with van der Waals surface area (Å²) in [6.45, 7) is -2.28. The van der Waals surface area contributed by atoms with Crippen molar-refractivity contribution in [3.8, 4) is 5.75 Å². The Labute approximate surface area is 155 Å². The Hall–Kier alpha value is -3.22. The largest absolute Gasteiger partial charge is 0.434 e. The third-order valence-electron chi connectivity index (χ3n) is 4.05. The van der Waals surface area contributed by atoms with E-state index in [2.05, 4.69) is 10.1 Å². The minimum absolute atomic E-state index is 0.00825. The van der Waals surface area contributed by atoms with Gasteiger partial charge in [-0.2, -0.15) is 8.78 Å². The van der Waals surface area contributed by atoms with Gasteiger partial charge < -0.3 is 15.0 Å². The molecule has 0 spiro atoms. The number of carbonyl (C=O) groups is 2. The van der Waals surface area contributed by atoms with Gasteiger partial charge in [0.05, 0.1) is 0 Å². The fraction of sp³-hybridized carbons (Fsp3) is 0.200. The molecule has 0 bridgehead atoms. The van der Waals surface area contributed by atoms with Gasteiger partial charge >= 0.3 is 6.61 Å². The van der Waals surface area contributed by atoms with Crippen molar-refractivity contribution < 1.29 is 23.1 Å². The van der Waals surface area contributed by atoms with Gasteiger partial charge in [-0.05, 0) is 36.8 Å². The van der Waals surface area contributed by atoms with Gasteiger partial charge in [0.25, 0.3) is 0 Å². The summed E-state index contributed by atoms with van der Waals surface area (Å²) in [6, 6.07) is 13.2. The number of rotatable bonds is 6. The second kappa shape index (κ2) is 8.44. The molecule has 7 heteroatoms. The van der Waals surface area contributed by atoms with Crippen LogP contribution in [-0.2, 0) is 9.59 Å². The quantitative estimate of drug-likeness (QED) is 0.778. The minimum Gasteiger partial charge on any atom is -0.434 e. The number of para-hydroxylation sites is 1. The summed E-state index contributed by atoms with van der Waals surface area (Å²) in [5, 5.41) is 2.70. The topological polar surface area (TPSA) is 58.6 Å². The Kier molecular flexibility index (Phi) is 5.80. The number of anilines is 2. The molecule has 1 aliphatic rings. The van der Waals surface area contributed by atoms with Gasteiger partial charge in [-0.15, -0.1) is 0 Å². The van der Waals surface area contributed by atoms with Crippen molar-refractivity contribution in [2.45, 2.75) is 19.5 Å². The number of ether oxygens (including phenoxy) is 1. The Morgan fingerprint density at radius 2 is 2.00 bits per heavy atom. The molecule has 5 nitrogen and oxygen atoms in total. The third kappa shape index (κ3) is 4.91. The number of hydrogen-bond acceptors (Lipinski definition) is 3. The van der Waals surface area contributed by atoms with Crippen LogP contribution in [0.5, 0.6) is 5.75 Å². The highest BCUT2D eigenvalue weighted by Crippen LogP contribution is 2.25. The molecule has 140 valence electrons. The van der Waals surface area contributed by atoms with E-state index in [4.69, 9.17) is 0 Å². The number of hydrogen-bond donors (Lipinski definition) is 1. The van der Waals surface area contributed by atoms with Crippen LogP contribution in [0.25, 0.3) is 6.08 Å². The molecule has 0 radical (unpaired) electrons. The van der Waals surface area contributed by atoms with E-state index in [1.807, 2.05) is 6.07 Å². The highest BCUT2D eigenvalue weighted by atomic mass is 19.3. The number of amides is 2. The summed E-state index contributed by atoms with van der Waals surface area (Å²) in [5.74, 6) is -0.369. The van der Waals surface area contributed by atoms with Crippen molar-refractivity contribution in [3.63, 3.8) is 0 Å². The summed E-state index contributed by atoms with van der Waals surface area (Å²) in [6.07, 6.45) is 3.99. The molecule has 0 aromatic heterocycles. The average molecular weight is 372 g/mol. The molecule has 0 unspecified atom stereocenters. The molecule has 1 N–H and O–H groups in total. The van der Waals surface area contributed by atoms with Gasteiger partial charge in [-0.25, -0.2) is 0 Å². The monoisotopic (exact) mass is 372 g/mol. The fourth-order valence-electron chi connectivity index (χ4n) is 2.84. The van der Waals surface area contributed by atoms with Gasteiger partial charge in [0.1, 0.15) is 5.75 Å². The van der Waals surface area contributed by atoms with Crippen LogP contribution in [0.2, 0.25) is 0 Å². The fourth-order valence-corrected chi connectivity index (χ4v) is 2.84. The molecule has 1 aliphatic heterocycles. The maximum absolute atomic E-state index is 12.4. The molecule has 3 rings (SSSR count). The van der Waals surface area contributed by atoms with Crippen LogP contribution in [0.1, 0.15) is 18.4 Å².